The molecule has 2 atom stereocenters. The molecule has 0 bridgehead atoms. The Kier molecular flexibility index (Phi) is 6.44. The van der Waals surface area contributed by atoms with Crippen LogP contribution in [-0.4, -0.2) is 35.5 Å². The summed E-state index contributed by atoms with van der Waals surface area (Å²) in [5, 5.41) is 11.6. The van der Waals surface area contributed by atoms with Crippen molar-refractivity contribution in [1.82, 2.24) is 5.32 Å². The van der Waals surface area contributed by atoms with Crippen LogP contribution in [0.5, 0.6) is 0 Å². The number of aliphatic hydroxyl groups excluding tert-OH is 1. The van der Waals surface area contributed by atoms with E-state index in [1.54, 1.807) is 19.1 Å². The number of ketones is 1. The molecule has 5 nitrogen and oxygen atoms in total. The Bertz CT molecular complexity index is 722. The molecule has 0 aliphatic carbocycles. The van der Waals surface area contributed by atoms with E-state index in [0.717, 1.165) is 17.5 Å². The Labute approximate surface area is 147 Å². The van der Waals surface area contributed by atoms with Gasteiger partial charge in [-0.1, -0.05) is 43.3 Å². The van der Waals surface area contributed by atoms with Crippen molar-refractivity contribution in [2.24, 2.45) is 5.73 Å². The highest BCUT2D eigenvalue weighted by Gasteiger charge is 2.24. The molecule has 0 aromatic heterocycles. The molecule has 0 fully saturated rings. The predicted octanol–water partition coefficient (Wildman–Crippen LogP) is 1.92. The van der Waals surface area contributed by atoms with Crippen molar-refractivity contribution in [3.8, 4) is 11.1 Å². The van der Waals surface area contributed by atoms with E-state index in [1.165, 1.54) is 5.56 Å². The maximum atomic E-state index is 12.3. The molecule has 0 radical (unpaired) electrons. The zero-order valence-electron chi connectivity index (χ0n) is 14.5. The van der Waals surface area contributed by atoms with Gasteiger partial charge in [-0.2, -0.15) is 0 Å². The highest BCUT2D eigenvalue weighted by atomic mass is 16.3. The third kappa shape index (κ3) is 4.75. The summed E-state index contributed by atoms with van der Waals surface area (Å²) >= 11 is 0. The fraction of sp³-hybridized carbons (Fsp3) is 0.300. The molecule has 2 rings (SSSR count). The second kappa shape index (κ2) is 8.55. The van der Waals surface area contributed by atoms with Crippen LogP contribution in [-0.2, 0) is 11.2 Å². The van der Waals surface area contributed by atoms with Crippen LogP contribution >= 0.6 is 0 Å². The van der Waals surface area contributed by atoms with E-state index in [0.29, 0.717) is 5.56 Å². The molecule has 0 saturated carbocycles. The minimum absolute atomic E-state index is 0.392. The number of carbonyl (C=O) groups excluding carboxylic acids is 2. The van der Waals surface area contributed by atoms with Crippen LogP contribution in [0.15, 0.2) is 48.5 Å². The quantitative estimate of drug-likeness (QED) is 0.718. The van der Waals surface area contributed by atoms with Gasteiger partial charge in [-0.25, -0.2) is 0 Å². The zero-order chi connectivity index (χ0) is 18.4. The normalized spacial score (nSPS) is 13.1. The fourth-order valence-electron chi connectivity index (χ4n) is 2.58. The number of hydrogen-bond donors (Lipinski definition) is 3. The summed E-state index contributed by atoms with van der Waals surface area (Å²) in [5.74, 6) is -0.895. The summed E-state index contributed by atoms with van der Waals surface area (Å²) in [6.45, 7) is 3.07. The topological polar surface area (TPSA) is 92.4 Å². The van der Waals surface area contributed by atoms with Gasteiger partial charge in [0.15, 0.2) is 5.78 Å². The molecule has 132 valence electrons. The molecule has 1 amide bonds. The zero-order valence-corrected chi connectivity index (χ0v) is 14.5. The van der Waals surface area contributed by atoms with E-state index in [4.69, 9.17) is 10.8 Å². The molecule has 4 N–H and O–H groups in total. The van der Waals surface area contributed by atoms with Crippen LogP contribution in [0, 0.1) is 0 Å². The maximum absolute atomic E-state index is 12.3. The van der Waals surface area contributed by atoms with Crippen LogP contribution in [0.3, 0.4) is 0 Å². The third-order valence-corrected chi connectivity index (χ3v) is 4.16. The maximum Gasteiger partial charge on any atom is 0.251 e. The van der Waals surface area contributed by atoms with Crippen molar-refractivity contribution in [3.63, 3.8) is 0 Å². The van der Waals surface area contributed by atoms with Gasteiger partial charge in [-0.05, 0) is 42.2 Å². The summed E-state index contributed by atoms with van der Waals surface area (Å²) in [6, 6.07) is 13.9. The Balaban J connectivity index is 2.12. The van der Waals surface area contributed by atoms with Gasteiger partial charge < -0.3 is 16.2 Å². The second-order valence-electron chi connectivity index (χ2n) is 6.06. The fourth-order valence-corrected chi connectivity index (χ4v) is 2.58. The van der Waals surface area contributed by atoms with E-state index in [9.17, 15) is 9.59 Å². The van der Waals surface area contributed by atoms with Crippen molar-refractivity contribution in [2.75, 3.05) is 6.61 Å². The van der Waals surface area contributed by atoms with Gasteiger partial charge in [0, 0.05) is 11.6 Å². The minimum atomic E-state index is -0.904. The first kappa shape index (κ1) is 18.8. The summed E-state index contributed by atoms with van der Waals surface area (Å²) in [5.41, 5.74) is 9.51. The smallest absolute Gasteiger partial charge is 0.251 e. The van der Waals surface area contributed by atoms with E-state index in [1.807, 2.05) is 12.1 Å². The molecular formula is C20H24N2O3. The largest absolute Gasteiger partial charge is 0.388 e. The summed E-state index contributed by atoms with van der Waals surface area (Å²) < 4.78 is 0. The first-order valence-corrected chi connectivity index (χ1v) is 8.35. The molecular weight excluding hydrogens is 316 g/mol. The predicted molar refractivity (Wildman–Crippen MR) is 98.3 cm³/mol. The van der Waals surface area contributed by atoms with Crippen molar-refractivity contribution >= 4 is 11.7 Å². The molecule has 2 aromatic carbocycles. The lowest BCUT2D eigenvalue weighted by Gasteiger charge is -2.20. The second-order valence-corrected chi connectivity index (χ2v) is 6.06. The van der Waals surface area contributed by atoms with E-state index in [2.05, 4.69) is 36.5 Å². The van der Waals surface area contributed by atoms with Crippen molar-refractivity contribution < 1.29 is 14.7 Å². The SMILES string of the molecule is CCc1ccc(-c2ccc(C(=O)NC(C(=O)CO)[C@@H](C)N)cc2)cc1. The molecule has 0 saturated heterocycles. The number of benzene rings is 2. The van der Waals surface area contributed by atoms with Crippen LogP contribution in [0.2, 0.25) is 0 Å². The number of nitrogens with one attached hydrogen (secondary N) is 1. The lowest BCUT2D eigenvalue weighted by Crippen LogP contribution is -2.52. The molecule has 0 aliphatic rings. The number of carbonyl (C=O) groups is 2. The Hall–Kier alpha value is -2.50. The van der Waals surface area contributed by atoms with Crippen molar-refractivity contribution in [1.29, 1.82) is 0 Å². The summed E-state index contributed by atoms with van der Waals surface area (Å²) in [7, 11) is 0. The Morgan fingerprint density at radius 3 is 2.00 bits per heavy atom. The van der Waals surface area contributed by atoms with E-state index >= 15 is 0 Å². The van der Waals surface area contributed by atoms with Crippen LogP contribution in [0.25, 0.3) is 11.1 Å². The number of nitrogens with two attached hydrogens (primary N) is 1. The average Bonchev–Trinajstić information content (AvgIpc) is 2.65. The van der Waals surface area contributed by atoms with Gasteiger partial charge in [-0.3, -0.25) is 9.59 Å². The molecule has 1 unspecified atom stereocenters. The number of aryl methyl sites for hydroxylation is 1. The molecule has 0 aliphatic heterocycles. The van der Waals surface area contributed by atoms with E-state index in [-0.39, 0.29) is 0 Å². The molecule has 0 spiro atoms. The van der Waals surface area contributed by atoms with Crippen molar-refractivity contribution in [3.05, 3.63) is 59.7 Å². The Morgan fingerprint density at radius 2 is 1.56 bits per heavy atom. The number of aliphatic hydroxyl groups is 1. The lowest BCUT2D eigenvalue weighted by molar-refractivity contribution is -0.123. The minimum Gasteiger partial charge on any atom is -0.388 e. The number of amides is 1. The average molecular weight is 340 g/mol. The molecule has 25 heavy (non-hydrogen) atoms. The highest BCUT2D eigenvalue weighted by Crippen LogP contribution is 2.20. The van der Waals surface area contributed by atoms with E-state index < -0.39 is 30.4 Å². The first-order valence-electron chi connectivity index (χ1n) is 8.35. The van der Waals surface area contributed by atoms with Crippen LogP contribution in [0.4, 0.5) is 0 Å². The summed E-state index contributed by atoms with van der Waals surface area (Å²) in [6.07, 6.45) is 0.993. The monoisotopic (exact) mass is 340 g/mol. The molecule has 2 aromatic rings. The number of hydrogen-bond acceptors (Lipinski definition) is 4. The van der Waals surface area contributed by atoms with Crippen LogP contribution in [0.1, 0.15) is 29.8 Å². The molecule has 0 heterocycles. The third-order valence-electron chi connectivity index (χ3n) is 4.16. The van der Waals surface area contributed by atoms with Gasteiger partial charge >= 0.3 is 0 Å². The van der Waals surface area contributed by atoms with Gasteiger partial charge in [0.05, 0.1) is 0 Å². The number of Topliss-reactive ketones (excluding diaryl/α,β-unsaturated/α-hetero) is 1. The van der Waals surface area contributed by atoms with Gasteiger partial charge in [-0.15, -0.1) is 0 Å². The molecule has 5 heteroatoms. The Morgan fingerprint density at radius 1 is 1.04 bits per heavy atom. The standard InChI is InChI=1S/C20H24N2O3/c1-3-14-4-6-15(7-5-14)16-8-10-17(11-9-16)20(25)22-19(13(2)21)18(24)12-23/h4-11,13,19,23H,3,12,21H2,1-2H3,(H,22,25)/t13-,19?/m1/s1. The van der Waals surface area contributed by atoms with Gasteiger partial charge in [0.2, 0.25) is 0 Å². The first-order chi connectivity index (χ1) is 12.0. The van der Waals surface area contributed by atoms with Crippen molar-refractivity contribution in [2.45, 2.75) is 32.4 Å². The number of rotatable bonds is 7. The van der Waals surface area contributed by atoms with Gasteiger partial charge in [0.25, 0.3) is 5.91 Å². The van der Waals surface area contributed by atoms with Gasteiger partial charge in [0.1, 0.15) is 12.6 Å². The highest BCUT2D eigenvalue weighted by molar-refractivity contribution is 5.98. The summed E-state index contributed by atoms with van der Waals surface area (Å²) in [4.78, 5) is 24.0. The van der Waals surface area contributed by atoms with Crippen LogP contribution < -0.4 is 11.1 Å². The lowest BCUT2D eigenvalue weighted by atomic mass is 10.0.